The number of carbonyl (C=O) groups is 1. The minimum Gasteiger partial charge on any atom is -0.394 e. The van der Waals surface area contributed by atoms with Crippen LogP contribution in [-0.4, -0.2) is 51.1 Å². The van der Waals surface area contributed by atoms with Crippen LogP contribution >= 0.6 is 0 Å². The molecule has 0 radical (unpaired) electrons. The van der Waals surface area contributed by atoms with Gasteiger partial charge >= 0.3 is 0 Å². The molecule has 1 aromatic heterocycles. The van der Waals surface area contributed by atoms with Crippen LogP contribution in [0.25, 0.3) is 0 Å². The van der Waals surface area contributed by atoms with E-state index in [0.717, 1.165) is 17.0 Å². The number of aryl methyl sites for hydroxylation is 2. The van der Waals surface area contributed by atoms with Crippen molar-refractivity contribution < 1.29 is 14.3 Å². The number of aliphatic hydroxyl groups is 1. The number of amides is 1. The topological polar surface area (TPSA) is 58.4 Å². The molecule has 1 aliphatic rings. The van der Waals surface area contributed by atoms with Crippen LogP contribution < -0.4 is 0 Å². The lowest BCUT2D eigenvalue weighted by molar-refractivity contribution is -0.132. The maximum absolute atomic E-state index is 13.3. The maximum atomic E-state index is 13.3. The highest BCUT2D eigenvalue weighted by atomic mass is 19.1. The van der Waals surface area contributed by atoms with Gasteiger partial charge in [-0.1, -0.05) is 0 Å². The molecule has 0 saturated carbocycles. The van der Waals surface area contributed by atoms with E-state index in [1.165, 1.54) is 4.90 Å². The average molecular weight is 283 g/mol. The van der Waals surface area contributed by atoms with Gasteiger partial charge in [-0.3, -0.25) is 9.48 Å². The van der Waals surface area contributed by atoms with E-state index in [1.54, 1.807) is 4.68 Å². The predicted octanol–water partition coefficient (Wildman–Crippen LogP) is 0.901. The van der Waals surface area contributed by atoms with E-state index < -0.39 is 6.17 Å². The van der Waals surface area contributed by atoms with E-state index in [0.29, 0.717) is 12.8 Å². The number of aliphatic hydroxyl groups excluding tert-OH is 1. The summed E-state index contributed by atoms with van der Waals surface area (Å²) >= 11 is 0. The Balaban J connectivity index is 1.98. The molecule has 5 nitrogen and oxygen atoms in total. The summed E-state index contributed by atoms with van der Waals surface area (Å²) in [5.41, 5.74) is 3.07. The summed E-state index contributed by atoms with van der Waals surface area (Å²) in [6.45, 7) is 3.84. The quantitative estimate of drug-likeness (QED) is 0.893. The van der Waals surface area contributed by atoms with Crippen molar-refractivity contribution in [2.45, 2.75) is 45.3 Å². The number of hydrogen-bond acceptors (Lipinski definition) is 3. The smallest absolute Gasteiger partial charge is 0.223 e. The average Bonchev–Trinajstić information content (AvgIpc) is 2.89. The third-order valence-corrected chi connectivity index (χ3v) is 4.14. The molecule has 2 rings (SSSR count). The van der Waals surface area contributed by atoms with Crippen LogP contribution in [0.15, 0.2) is 0 Å². The molecule has 1 amide bonds. The summed E-state index contributed by atoms with van der Waals surface area (Å²) in [5, 5.41) is 13.5. The molecular weight excluding hydrogens is 261 g/mol. The normalized spacial score (nSPS) is 22.6. The molecule has 2 atom stereocenters. The fourth-order valence-electron chi connectivity index (χ4n) is 2.89. The van der Waals surface area contributed by atoms with E-state index >= 15 is 0 Å². The highest BCUT2D eigenvalue weighted by molar-refractivity contribution is 5.77. The minimum absolute atomic E-state index is 0.0909. The number of nitrogens with zero attached hydrogens (tertiary/aromatic N) is 3. The summed E-state index contributed by atoms with van der Waals surface area (Å²) in [6.07, 6.45) is 0.165. The van der Waals surface area contributed by atoms with E-state index in [-0.39, 0.29) is 31.5 Å². The zero-order valence-electron chi connectivity index (χ0n) is 12.3. The van der Waals surface area contributed by atoms with Crippen molar-refractivity contribution in [1.82, 2.24) is 14.7 Å². The molecule has 0 unspecified atom stereocenters. The molecule has 0 aromatic carbocycles. The number of rotatable bonds is 4. The van der Waals surface area contributed by atoms with Crippen molar-refractivity contribution in [3.05, 3.63) is 17.0 Å². The lowest BCUT2D eigenvalue weighted by atomic mass is 10.1. The Morgan fingerprint density at radius 1 is 1.50 bits per heavy atom. The van der Waals surface area contributed by atoms with Crippen molar-refractivity contribution in [1.29, 1.82) is 0 Å². The summed E-state index contributed by atoms with van der Waals surface area (Å²) < 4.78 is 15.2. The van der Waals surface area contributed by atoms with Crippen LogP contribution in [0.4, 0.5) is 4.39 Å². The molecule has 0 bridgehead atoms. The van der Waals surface area contributed by atoms with Crippen LogP contribution in [0, 0.1) is 13.8 Å². The van der Waals surface area contributed by atoms with Crippen molar-refractivity contribution in [3.63, 3.8) is 0 Å². The van der Waals surface area contributed by atoms with Gasteiger partial charge in [0.15, 0.2) is 0 Å². The van der Waals surface area contributed by atoms with E-state index in [9.17, 15) is 14.3 Å². The van der Waals surface area contributed by atoms with Gasteiger partial charge in [0, 0.05) is 25.6 Å². The zero-order valence-corrected chi connectivity index (χ0v) is 12.3. The second-order valence-corrected chi connectivity index (χ2v) is 5.49. The second kappa shape index (κ2) is 5.91. The molecule has 2 heterocycles. The van der Waals surface area contributed by atoms with Crippen LogP contribution in [0.5, 0.6) is 0 Å². The number of alkyl halides is 1. The molecule has 112 valence electrons. The van der Waals surface area contributed by atoms with Crippen LogP contribution in [-0.2, 0) is 18.3 Å². The van der Waals surface area contributed by atoms with Gasteiger partial charge in [-0.2, -0.15) is 5.10 Å². The van der Waals surface area contributed by atoms with Crippen LogP contribution in [0.3, 0.4) is 0 Å². The maximum Gasteiger partial charge on any atom is 0.223 e. The van der Waals surface area contributed by atoms with Crippen molar-refractivity contribution in [2.24, 2.45) is 7.05 Å². The standard InChI is InChI=1S/C14H22FN3O2/c1-9-13(10(2)17(3)16-9)4-5-14(20)18-7-11(15)6-12(18)8-19/h11-12,19H,4-8H2,1-3H3/t11-,12-/m0/s1. The number of likely N-dealkylation sites (tertiary alicyclic amines) is 1. The molecular formula is C14H22FN3O2. The molecule has 1 aromatic rings. The van der Waals surface area contributed by atoms with Crippen molar-refractivity contribution in [2.75, 3.05) is 13.2 Å². The second-order valence-electron chi connectivity index (χ2n) is 5.49. The Bertz CT molecular complexity index is 501. The molecule has 20 heavy (non-hydrogen) atoms. The Morgan fingerprint density at radius 2 is 2.20 bits per heavy atom. The predicted molar refractivity (Wildman–Crippen MR) is 73.1 cm³/mol. The first-order valence-electron chi connectivity index (χ1n) is 6.97. The summed E-state index contributed by atoms with van der Waals surface area (Å²) in [7, 11) is 1.88. The highest BCUT2D eigenvalue weighted by Crippen LogP contribution is 2.22. The largest absolute Gasteiger partial charge is 0.394 e. The first kappa shape index (κ1) is 15.0. The zero-order chi connectivity index (χ0) is 14.9. The SMILES string of the molecule is Cc1nn(C)c(C)c1CCC(=O)N1C[C@@H](F)C[C@H]1CO. The van der Waals surface area contributed by atoms with Gasteiger partial charge in [0.25, 0.3) is 0 Å². The first-order valence-corrected chi connectivity index (χ1v) is 6.97. The van der Waals surface area contributed by atoms with Crippen molar-refractivity contribution in [3.8, 4) is 0 Å². The third-order valence-electron chi connectivity index (χ3n) is 4.14. The lowest BCUT2D eigenvalue weighted by Crippen LogP contribution is -2.38. The Kier molecular flexibility index (Phi) is 4.42. The Morgan fingerprint density at radius 3 is 2.75 bits per heavy atom. The van der Waals surface area contributed by atoms with Gasteiger partial charge in [-0.15, -0.1) is 0 Å². The molecule has 1 fully saturated rings. The fourth-order valence-corrected chi connectivity index (χ4v) is 2.89. The molecule has 1 aliphatic heterocycles. The Labute approximate surface area is 118 Å². The highest BCUT2D eigenvalue weighted by Gasteiger charge is 2.34. The summed E-state index contributed by atoms with van der Waals surface area (Å²) in [5.74, 6) is -0.0909. The van der Waals surface area contributed by atoms with E-state index in [4.69, 9.17) is 0 Å². The van der Waals surface area contributed by atoms with E-state index in [2.05, 4.69) is 5.10 Å². The van der Waals surface area contributed by atoms with Crippen molar-refractivity contribution >= 4 is 5.91 Å². The fraction of sp³-hybridized carbons (Fsp3) is 0.714. The summed E-state index contributed by atoms with van der Waals surface area (Å²) in [6, 6.07) is -0.367. The van der Waals surface area contributed by atoms with Gasteiger partial charge in [-0.25, -0.2) is 4.39 Å². The molecule has 1 N–H and O–H groups in total. The van der Waals surface area contributed by atoms with Gasteiger partial charge in [0.05, 0.1) is 24.9 Å². The number of halogens is 1. The third kappa shape index (κ3) is 2.85. The first-order chi connectivity index (χ1) is 9.43. The molecule has 1 saturated heterocycles. The number of carbonyl (C=O) groups excluding carboxylic acids is 1. The van der Waals surface area contributed by atoms with Crippen LogP contribution in [0.1, 0.15) is 29.8 Å². The lowest BCUT2D eigenvalue weighted by Gasteiger charge is -2.22. The Hall–Kier alpha value is -1.43. The number of aromatic nitrogens is 2. The minimum atomic E-state index is -1.02. The van der Waals surface area contributed by atoms with Gasteiger partial charge in [0.1, 0.15) is 6.17 Å². The van der Waals surface area contributed by atoms with Crippen LogP contribution in [0.2, 0.25) is 0 Å². The van der Waals surface area contributed by atoms with E-state index in [1.807, 2.05) is 20.9 Å². The molecule has 0 spiro atoms. The van der Waals surface area contributed by atoms with Gasteiger partial charge in [0.2, 0.25) is 5.91 Å². The number of hydrogen-bond donors (Lipinski definition) is 1. The molecule has 0 aliphatic carbocycles. The van der Waals surface area contributed by atoms with Gasteiger partial charge in [-0.05, 0) is 25.8 Å². The summed E-state index contributed by atoms with van der Waals surface area (Å²) in [4.78, 5) is 13.7. The van der Waals surface area contributed by atoms with Gasteiger partial charge < -0.3 is 10.0 Å². The molecule has 6 heteroatoms. The monoisotopic (exact) mass is 283 g/mol.